The summed E-state index contributed by atoms with van der Waals surface area (Å²) < 4.78 is 17.7. The number of amides is 1. The molecule has 0 aliphatic carbocycles. The number of rotatable bonds is 8. The molecule has 3 rings (SSSR count). The quantitative estimate of drug-likeness (QED) is 0.586. The van der Waals surface area contributed by atoms with Gasteiger partial charge in [0.1, 0.15) is 18.1 Å². The van der Waals surface area contributed by atoms with Crippen LogP contribution in [0.5, 0.6) is 5.75 Å². The lowest BCUT2D eigenvalue weighted by Gasteiger charge is -2.14. The number of methoxy groups -OCH3 is 1. The standard InChI is InChI=1S/C21H23N3O5/c1-4-24-18(11-12-22-24)14(2)23-20(25)19-10-9-17(29-19)13-28-16-7-5-15(6-8-16)21(26)27-3/h5-12,14H,4,13H2,1-3H3,(H,23,25). The maximum atomic E-state index is 12.4. The highest BCUT2D eigenvalue weighted by molar-refractivity contribution is 5.91. The Bertz CT molecular complexity index is 974. The van der Waals surface area contributed by atoms with Crippen LogP contribution in [-0.2, 0) is 17.9 Å². The number of aromatic nitrogens is 2. The van der Waals surface area contributed by atoms with E-state index in [-0.39, 0.29) is 24.3 Å². The number of nitrogens with zero attached hydrogens (tertiary/aromatic N) is 2. The van der Waals surface area contributed by atoms with Crippen molar-refractivity contribution >= 4 is 11.9 Å². The molecule has 29 heavy (non-hydrogen) atoms. The second kappa shape index (κ2) is 9.09. The number of ether oxygens (including phenoxy) is 2. The SMILES string of the molecule is CCn1nccc1C(C)NC(=O)c1ccc(COc2ccc(C(=O)OC)cc2)o1. The van der Waals surface area contributed by atoms with Crippen LogP contribution in [-0.4, -0.2) is 28.8 Å². The molecule has 1 N–H and O–H groups in total. The van der Waals surface area contributed by atoms with Gasteiger partial charge in [-0.2, -0.15) is 5.10 Å². The van der Waals surface area contributed by atoms with Crippen LogP contribution in [0.2, 0.25) is 0 Å². The van der Waals surface area contributed by atoms with Gasteiger partial charge in [0.15, 0.2) is 5.76 Å². The molecule has 152 valence electrons. The van der Waals surface area contributed by atoms with E-state index < -0.39 is 5.97 Å². The van der Waals surface area contributed by atoms with E-state index >= 15 is 0 Å². The summed E-state index contributed by atoms with van der Waals surface area (Å²) in [5.74, 6) is 0.573. The topological polar surface area (TPSA) is 95.6 Å². The molecule has 0 bridgehead atoms. The van der Waals surface area contributed by atoms with Gasteiger partial charge in [-0.25, -0.2) is 4.79 Å². The molecule has 1 unspecified atom stereocenters. The van der Waals surface area contributed by atoms with Crippen LogP contribution in [0, 0.1) is 0 Å². The van der Waals surface area contributed by atoms with Crippen LogP contribution in [0.15, 0.2) is 53.1 Å². The number of furan rings is 1. The van der Waals surface area contributed by atoms with Crippen molar-refractivity contribution in [3.05, 3.63) is 71.4 Å². The van der Waals surface area contributed by atoms with Crippen LogP contribution in [0.25, 0.3) is 0 Å². The van der Waals surface area contributed by atoms with Crippen LogP contribution >= 0.6 is 0 Å². The fourth-order valence-corrected chi connectivity index (χ4v) is 2.85. The third-order valence-electron chi connectivity index (χ3n) is 4.38. The minimum atomic E-state index is -0.408. The second-order valence-corrected chi connectivity index (χ2v) is 6.34. The van der Waals surface area contributed by atoms with E-state index in [2.05, 4.69) is 15.2 Å². The fraction of sp³-hybridized carbons (Fsp3) is 0.286. The number of carbonyl (C=O) groups is 2. The van der Waals surface area contributed by atoms with Crippen molar-refractivity contribution < 1.29 is 23.5 Å². The van der Waals surface area contributed by atoms with Crippen molar-refractivity contribution in [2.24, 2.45) is 0 Å². The Morgan fingerprint density at radius 2 is 1.93 bits per heavy atom. The van der Waals surface area contributed by atoms with E-state index in [0.717, 1.165) is 12.2 Å². The molecule has 0 spiro atoms. The summed E-state index contributed by atoms with van der Waals surface area (Å²) >= 11 is 0. The molecule has 3 aromatic rings. The van der Waals surface area contributed by atoms with Crippen molar-refractivity contribution in [2.45, 2.75) is 33.0 Å². The molecule has 1 aromatic carbocycles. The Labute approximate surface area is 168 Å². The van der Waals surface area contributed by atoms with Gasteiger partial charge in [-0.15, -0.1) is 0 Å². The molecule has 1 amide bonds. The Morgan fingerprint density at radius 3 is 2.62 bits per heavy atom. The molecule has 8 nitrogen and oxygen atoms in total. The molecule has 0 radical (unpaired) electrons. The highest BCUT2D eigenvalue weighted by Gasteiger charge is 2.17. The summed E-state index contributed by atoms with van der Waals surface area (Å²) in [6, 6.07) is 11.5. The molecule has 2 heterocycles. The first-order valence-corrected chi connectivity index (χ1v) is 9.24. The van der Waals surface area contributed by atoms with Gasteiger partial charge in [-0.05, 0) is 56.3 Å². The van der Waals surface area contributed by atoms with Crippen molar-refractivity contribution in [1.29, 1.82) is 0 Å². The van der Waals surface area contributed by atoms with Crippen LogP contribution in [0.3, 0.4) is 0 Å². The Kier molecular flexibility index (Phi) is 6.33. The van der Waals surface area contributed by atoms with Crippen LogP contribution < -0.4 is 10.1 Å². The monoisotopic (exact) mass is 397 g/mol. The Hall–Kier alpha value is -3.55. The van der Waals surface area contributed by atoms with Gasteiger partial charge < -0.3 is 19.2 Å². The molecule has 0 fully saturated rings. The summed E-state index contributed by atoms with van der Waals surface area (Å²) in [4.78, 5) is 23.9. The lowest BCUT2D eigenvalue weighted by Crippen LogP contribution is -2.28. The average Bonchev–Trinajstić information content (AvgIpc) is 3.41. The van der Waals surface area contributed by atoms with Gasteiger partial charge in [0.25, 0.3) is 5.91 Å². The number of carbonyl (C=O) groups excluding carboxylic acids is 2. The first kappa shape index (κ1) is 20.2. The zero-order valence-corrected chi connectivity index (χ0v) is 16.5. The van der Waals surface area contributed by atoms with Gasteiger partial charge in [0.2, 0.25) is 0 Å². The molecule has 0 aliphatic rings. The third kappa shape index (κ3) is 4.84. The van der Waals surface area contributed by atoms with Crippen molar-refractivity contribution in [2.75, 3.05) is 7.11 Å². The fourth-order valence-electron chi connectivity index (χ4n) is 2.85. The highest BCUT2D eigenvalue weighted by atomic mass is 16.5. The predicted molar refractivity (Wildman–Crippen MR) is 105 cm³/mol. The minimum absolute atomic E-state index is 0.156. The summed E-state index contributed by atoms with van der Waals surface area (Å²) in [6.45, 7) is 4.77. The maximum Gasteiger partial charge on any atom is 0.337 e. The van der Waals surface area contributed by atoms with E-state index in [1.807, 2.05) is 24.6 Å². The molecule has 0 aliphatic heterocycles. The third-order valence-corrected chi connectivity index (χ3v) is 4.38. The molecule has 8 heteroatoms. The van der Waals surface area contributed by atoms with E-state index in [4.69, 9.17) is 9.15 Å². The van der Waals surface area contributed by atoms with Gasteiger partial charge in [0.05, 0.1) is 24.4 Å². The number of hydrogen-bond acceptors (Lipinski definition) is 6. The highest BCUT2D eigenvalue weighted by Crippen LogP contribution is 2.17. The summed E-state index contributed by atoms with van der Waals surface area (Å²) in [5.41, 5.74) is 1.36. The number of benzene rings is 1. The van der Waals surface area contributed by atoms with Crippen molar-refractivity contribution in [3.8, 4) is 5.75 Å². The van der Waals surface area contributed by atoms with Crippen LogP contribution in [0.1, 0.15) is 52.3 Å². The first-order chi connectivity index (χ1) is 14.0. The minimum Gasteiger partial charge on any atom is -0.486 e. The summed E-state index contributed by atoms with van der Waals surface area (Å²) in [7, 11) is 1.33. The lowest BCUT2D eigenvalue weighted by molar-refractivity contribution is 0.0600. The number of hydrogen-bond donors (Lipinski definition) is 1. The largest absolute Gasteiger partial charge is 0.486 e. The number of nitrogens with one attached hydrogen (secondary N) is 1. The molecule has 0 saturated heterocycles. The number of esters is 1. The zero-order valence-electron chi connectivity index (χ0n) is 16.5. The van der Waals surface area contributed by atoms with E-state index in [1.54, 1.807) is 42.6 Å². The van der Waals surface area contributed by atoms with E-state index in [9.17, 15) is 9.59 Å². The van der Waals surface area contributed by atoms with Gasteiger partial charge in [-0.3, -0.25) is 9.48 Å². The second-order valence-electron chi connectivity index (χ2n) is 6.34. The predicted octanol–water partition coefficient (Wildman–Crippen LogP) is 3.35. The molecule has 0 saturated carbocycles. The van der Waals surface area contributed by atoms with Crippen LogP contribution in [0.4, 0.5) is 0 Å². The summed E-state index contributed by atoms with van der Waals surface area (Å²) in [5, 5.41) is 7.12. The first-order valence-electron chi connectivity index (χ1n) is 9.24. The van der Waals surface area contributed by atoms with Gasteiger partial charge in [-0.1, -0.05) is 0 Å². The van der Waals surface area contributed by atoms with E-state index in [1.165, 1.54) is 7.11 Å². The van der Waals surface area contributed by atoms with Crippen molar-refractivity contribution in [1.82, 2.24) is 15.1 Å². The maximum absolute atomic E-state index is 12.4. The lowest BCUT2D eigenvalue weighted by atomic mass is 10.2. The molecule has 2 aromatic heterocycles. The number of aryl methyl sites for hydroxylation is 1. The van der Waals surface area contributed by atoms with Crippen molar-refractivity contribution in [3.63, 3.8) is 0 Å². The molecule has 1 atom stereocenters. The van der Waals surface area contributed by atoms with Gasteiger partial charge in [0, 0.05) is 12.7 Å². The Morgan fingerprint density at radius 1 is 1.17 bits per heavy atom. The smallest absolute Gasteiger partial charge is 0.337 e. The zero-order chi connectivity index (χ0) is 20.8. The average molecular weight is 397 g/mol. The van der Waals surface area contributed by atoms with E-state index in [0.29, 0.717) is 17.1 Å². The van der Waals surface area contributed by atoms with Gasteiger partial charge >= 0.3 is 5.97 Å². The normalized spacial score (nSPS) is 11.7. The molecular weight excluding hydrogens is 374 g/mol. The Balaban J connectivity index is 1.56. The molecular formula is C21H23N3O5. The summed E-state index contributed by atoms with van der Waals surface area (Å²) in [6.07, 6.45) is 1.71.